The van der Waals surface area contributed by atoms with Crippen molar-refractivity contribution in [3.63, 3.8) is 0 Å². The van der Waals surface area contributed by atoms with Gasteiger partial charge in [0.15, 0.2) is 5.96 Å². The van der Waals surface area contributed by atoms with E-state index < -0.39 is 47.6 Å². The minimum atomic E-state index is -1.04. The summed E-state index contributed by atoms with van der Waals surface area (Å²) < 4.78 is 10.5. The van der Waals surface area contributed by atoms with E-state index in [4.69, 9.17) is 20.6 Å². The Balaban J connectivity index is 1.69. The number of fused-ring (bicyclic) bond motifs is 1. The van der Waals surface area contributed by atoms with E-state index in [2.05, 4.69) is 26.3 Å². The lowest BCUT2D eigenvalue weighted by Gasteiger charge is -2.25. The zero-order valence-corrected chi connectivity index (χ0v) is 27.0. The van der Waals surface area contributed by atoms with Gasteiger partial charge in [-0.3, -0.25) is 19.4 Å². The third kappa shape index (κ3) is 11.8. The van der Waals surface area contributed by atoms with Gasteiger partial charge in [-0.25, -0.2) is 9.59 Å². The van der Waals surface area contributed by atoms with Gasteiger partial charge < -0.3 is 41.9 Å². The molecule has 0 aliphatic carbocycles. The van der Waals surface area contributed by atoms with E-state index in [0.29, 0.717) is 23.1 Å². The average molecular weight is 650 g/mol. The first-order valence-electron chi connectivity index (χ1n) is 15.3. The van der Waals surface area contributed by atoms with Crippen molar-refractivity contribution in [1.29, 1.82) is 0 Å². The monoisotopic (exact) mass is 649 g/mol. The Kier molecular flexibility index (Phi) is 13.3. The molecule has 0 saturated heterocycles. The molecule has 14 nitrogen and oxygen atoms in total. The summed E-state index contributed by atoms with van der Waals surface area (Å²) in [5, 5.41) is 11.4. The molecule has 47 heavy (non-hydrogen) atoms. The summed E-state index contributed by atoms with van der Waals surface area (Å²) in [6.07, 6.45) is -0.00495. The maximum absolute atomic E-state index is 13.5. The Morgan fingerprint density at radius 3 is 2.28 bits per heavy atom. The van der Waals surface area contributed by atoms with Crippen molar-refractivity contribution in [2.24, 2.45) is 22.4 Å². The molecule has 1 aromatic heterocycles. The highest BCUT2D eigenvalue weighted by atomic mass is 16.5. The highest BCUT2D eigenvalue weighted by molar-refractivity contribution is 6.00. The third-order valence-corrected chi connectivity index (χ3v) is 7.08. The van der Waals surface area contributed by atoms with Crippen LogP contribution in [0.25, 0.3) is 11.0 Å². The highest BCUT2D eigenvalue weighted by Gasteiger charge is 2.29. The van der Waals surface area contributed by atoms with Crippen LogP contribution in [0.4, 0.5) is 10.5 Å². The van der Waals surface area contributed by atoms with Crippen LogP contribution in [0.5, 0.6) is 0 Å². The van der Waals surface area contributed by atoms with Crippen molar-refractivity contribution in [1.82, 2.24) is 16.0 Å². The molecule has 14 heteroatoms. The highest BCUT2D eigenvalue weighted by Crippen LogP contribution is 2.21. The minimum absolute atomic E-state index is 0.00462. The molecule has 0 aliphatic rings. The average Bonchev–Trinajstić information content (AvgIpc) is 3.00. The largest absolute Gasteiger partial charge is 0.445 e. The smallest absolute Gasteiger partial charge is 0.408 e. The molecular weight excluding hydrogens is 606 g/mol. The number of carbonyl (C=O) groups is 4. The molecule has 4 amide bonds. The third-order valence-electron chi connectivity index (χ3n) is 7.08. The number of rotatable bonds is 15. The standard InChI is InChI=1S/C33H43N7O7/c1-19(2)15-26(40-29(42)21(4)37-33(45)46-18-22-9-6-5-7-10-22)31(44)39-25(11-8-14-36-32(34)35)30(43)38-23-12-13-24-20(3)16-28(41)47-27(24)17-23/h5-7,9-10,12-13,16-17,19,21,25-26H,8,11,14-15,18H2,1-4H3,(H,37,45)(H,38,43)(H,39,44)(H,40,42)(H4,34,35,36)/t21-,25+,26+/m1/s1. The maximum Gasteiger partial charge on any atom is 0.408 e. The van der Waals surface area contributed by atoms with E-state index in [1.807, 2.05) is 32.0 Å². The fourth-order valence-electron chi connectivity index (χ4n) is 4.68. The molecule has 3 atom stereocenters. The van der Waals surface area contributed by atoms with Crippen LogP contribution in [0, 0.1) is 12.8 Å². The molecule has 0 spiro atoms. The number of aliphatic imine (C=N–C) groups is 1. The molecule has 0 saturated carbocycles. The van der Waals surface area contributed by atoms with Crippen LogP contribution in [0.2, 0.25) is 0 Å². The lowest BCUT2D eigenvalue weighted by molar-refractivity contribution is -0.132. The van der Waals surface area contributed by atoms with Crippen LogP contribution in [0.1, 0.15) is 51.2 Å². The molecule has 0 aliphatic heterocycles. The van der Waals surface area contributed by atoms with Gasteiger partial charge in [0.25, 0.3) is 0 Å². The van der Waals surface area contributed by atoms with Gasteiger partial charge in [-0.15, -0.1) is 0 Å². The zero-order chi connectivity index (χ0) is 34.5. The van der Waals surface area contributed by atoms with Gasteiger partial charge >= 0.3 is 11.7 Å². The van der Waals surface area contributed by atoms with Gasteiger partial charge in [-0.05, 0) is 62.3 Å². The summed E-state index contributed by atoms with van der Waals surface area (Å²) in [5.41, 5.74) is 12.5. The van der Waals surface area contributed by atoms with Gasteiger partial charge in [0, 0.05) is 29.8 Å². The molecular formula is C33H43N7O7. The second kappa shape index (κ2) is 17.3. The van der Waals surface area contributed by atoms with Crippen molar-refractivity contribution >= 4 is 46.4 Å². The fraction of sp³-hybridized carbons (Fsp3) is 0.394. The van der Waals surface area contributed by atoms with E-state index in [1.165, 1.54) is 19.1 Å². The van der Waals surface area contributed by atoms with Crippen molar-refractivity contribution < 1.29 is 28.3 Å². The van der Waals surface area contributed by atoms with E-state index in [1.54, 1.807) is 31.2 Å². The number of hydrogen-bond donors (Lipinski definition) is 6. The van der Waals surface area contributed by atoms with Crippen LogP contribution in [-0.2, 0) is 25.7 Å². The lowest BCUT2D eigenvalue weighted by atomic mass is 10.0. The number of aryl methyl sites for hydroxylation is 1. The number of nitrogens with two attached hydrogens (primary N) is 2. The zero-order valence-electron chi connectivity index (χ0n) is 27.0. The molecule has 1 heterocycles. The number of hydrogen-bond acceptors (Lipinski definition) is 8. The number of guanidine groups is 1. The number of benzene rings is 2. The summed E-state index contributed by atoms with van der Waals surface area (Å²) in [6, 6.07) is 12.3. The summed E-state index contributed by atoms with van der Waals surface area (Å²) in [6.45, 7) is 7.26. The first-order chi connectivity index (χ1) is 22.3. The van der Waals surface area contributed by atoms with Gasteiger partial charge in [0.1, 0.15) is 30.3 Å². The Bertz CT molecular complexity index is 1640. The fourth-order valence-corrected chi connectivity index (χ4v) is 4.68. The van der Waals surface area contributed by atoms with Crippen molar-refractivity contribution in [3.8, 4) is 0 Å². The van der Waals surface area contributed by atoms with Crippen LogP contribution in [-0.4, -0.2) is 54.4 Å². The summed E-state index contributed by atoms with van der Waals surface area (Å²) in [4.78, 5) is 68.1. The number of carbonyl (C=O) groups excluding carboxylic acids is 4. The minimum Gasteiger partial charge on any atom is -0.445 e. The number of nitrogens with zero attached hydrogens (tertiary/aromatic N) is 1. The summed E-state index contributed by atoms with van der Waals surface area (Å²) >= 11 is 0. The van der Waals surface area contributed by atoms with E-state index in [9.17, 15) is 24.0 Å². The van der Waals surface area contributed by atoms with Gasteiger partial charge in [0.05, 0.1) is 0 Å². The first-order valence-corrected chi connectivity index (χ1v) is 15.3. The van der Waals surface area contributed by atoms with Crippen LogP contribution < -0.4 is 38.4 Å². The van der Waals surface area contributed by atoms with Gasteiger partial charge in [-0.2, -0.15) is 0 Å². The molecule has 0 fully saturated rings. The maximum atomic E-state index is 13.5. The molecule has 3 aromatic rings. The topological polar surface area (TPSA) is 220 Å². The number of alkyl carbamates (subject to hydrolysis) is 1. The predicted octanol–water partition coefficient (Wildman–Crippen LogP) is 2.42. The molecule has 3 rings (SSSR count). The number of nitrogens with one attached hydrogen (secondary N) is 4. The predicted molar refractivity (Wildman–Crippen MR) is 178 cm³/mol. The molecule has 8 N–H and O–H groups in total. The molecule has 0 bridgehead atoms. The molecule has 252 valence electrons. The van der Waals surface area contributed by atoms with E-state index in [-0.39, 0.29) is 37.9 Å². The van der Waals surface area contributed by atoms with E-state index >= 15 is 0 Å². The van der Waals surface area contributed by atoms with Crippen molar-refractivity contribution in [2.75, 3.05) is 11.9 Å². The molecule has 2 aromatic carbocycles. The van der Waals surface area contributed by atoms with Gasteiger partial charge in [0.2, 0.25) is 17.7 Å². The normalized spacial score (nSPS) is 12.8. The Hall–Kier alpha value is -5.40. The lowest BCUT2D eigenvalue weighted by Crippen LogP contribution is -2.56. The second-order valence-corrected chi connectivity index (χ2v) is 11.6. The number of ether oxygens (including phenoxy) is 1. The molecule has 0 unspecified atom stereocenters. The van der Waals surface area contributed by atoms with Crippen LogP contribution in [0.15, 0.2) is 68.8 Å². The quantitative estimate of drug-likeness (QED) is 0.0615. The molecule has 0 radical (unpaired) electrons. The van der Waals surface area contributed by atoms with Crippen molar-refractivity contribution in [2.45, 2.75) is 71.7 Å². The Morgan fingerprint density at radius 1 is 0.894 bits per heavy atom. The summed E-state index contributed by atoms with van der Waals surface area (Å²) in [7, 11) is 0. The Labute approximate surface area is 272 Å². The first kappa shape index (κ1) is 36.1. The SMILES string of the molecule is Cc1cc(=O)oc2cc(NC(=O)[C@H](CCCN=C(N)N)NC(=O)[C@H](CC(C)C)NC(=O)[C@@H](C)NC(=O)OCc3ccccc3)ccc12. The number of amides is 4. The van der Waals surface area contributed by atoms with Gasteiger partial charge in [-0.1, -0.05) is 44.2 Å². The van der Waals surface area contributed by atoms with Crippen LogP contribution in [0.3, 0.4) is 0 Å². The van der Waals surface area contributed by atoms with Crippen molar-refractivity contribution in [3.05, 3.63) is 76.1 Å². The summed E-state index contributed by atoms with van der Waals surface area (Å²) in [5.74, 6) is -1.84. The number of anilines is 1. The van der Waals surface area contributed by atoms with Crippen LogP contribution >= 0.6 is 0 Å². The Morgan fingerprint density at radius 2 is 1.60 bits per heavy atom. The second-order valence-electron chi connectivity index (χ2n) is 11.6. The van der Waals surface area contributed by atoms with E-state index in [0.717, 1.165) is 11.1 Å².